The Morgan fingerprint density at radius 3 is 2.68 bits per heavy atom. The van der Waals surface area contributed by atoms with Crippen LogP contribution in [0.1, 0.15) is 63.3 Å². The number of ketones is 1. The maximum absolute atomic E-state index is 13.2. The number of cyclic esters (lactones) is 1. The number of ether oxygens (including phenoxy) is 1. The fraction of sp³-hybridized carbons (Fsp3) is 0.536. The Bertz CT molecular complexity index is 1120. The van der Waals surface area contributed by atoms with Crippen LogP contribution in [0.5, 0.6) is 0 Å². The molecule has 1 fully saturated rings. The SMILES string of the molecule is CC1=C[C@@H](O)CC(=O)Cc2nc(co2)C(=O)N2CCC[C@@H]2C(=O)O[C@H](C(C)C)[C@H](C)/C=C/C(=O)NCC=C1. The van der Waals surface area contributed by atoms with Crippen molar-refractivity contribution in [2.45, 2.75) is 71.6 Å². The lowest BCUT2D eigenvalue weighted by molar-refractivity contribution is -0.158. The molecule has 2 aliphatic rings. The average Bonchev–Trinajstić information content (AvgIpc) is 3.52. The van der Waals surface area contributed by atoms with Crippen molar-refractivity contribution in [1.29, 1.82) is 0 Å². The van der Waals surface area contributed by atoms with E-state index in [-0.39, 0.29) is 54.5 Å². The highest BCUT2D eigenvalue weighted by Crippen LogP contribution is 2.25. The standard InChI is InChI=1S/C28H37N3O7/c1-17(2)26-19(4)9-10-24(34)29-11-5-7-18(3)13-20(32)14-21(33)15-25-30-22(16-37-25)27(35)31-12-6-8-23(31)28(36)38-26/h5,7,9-10,13,16-17,19-20,23,26,32H,6,8,11-12,14-15H2,1-4H3,(H,29,34)/b7-5?,10-9+,18-13?/t19-,20-,23-,26-/m1/s1. The van der Waals surface area contributed by atoms with Gasteiger partial charge in [-0.1, -0.05) is 50.6 Å². The highest BCUT2D eigenvalue weighted by atomic mass is 16.5. The lowest BCUT2D eigenvalue weighted by atomic mass is 9.94. The molecule has 3 heterocycles. The van der Waals surface area contributed by atoms with Crippen molar-refractivity contribution in [3.63, 3.8) is 0 Å². The van der Waals surface area contributed by atoms with Gasteiger partial charge >= 0.3 is 5.97 Å². The van der Waals surface area contributed by atoms with Crippen molar-refractivity contribution < 1.29 is 33.4 Å². The highest BCUT2D eigenvalue weighted by Gasteiger charge is 2.38. The van der Waals surface area contributed by atoms with E-state index in [2.05, 4.69) is 10.3 Å². The molecule has 10 nitrogen and oxygen atoms in total. The molecule has 2 bridgehead atoms. The number of hydrogen-bond donors (Lipinski definition) is 2. The van der Waals surface area contributed by atoms with Gasteiger partial charge in [0, 0.05) is 25.4 Å². The normalized spacial score (nSPS) is 27.5. The second-order valence-corrected chi connectivity index (χ2v) is 10.2. The number of nitrogens with one attached hydrogen (secondary N) is 1. The van der Waals surface area contributed by atoms with E-state index in [0.717, 1.165) is 5.57 Å². The lowest BCUT2D eigenvalue weighted by Crippen LogP contribution is -2.44. The van der Waals surface area contributed by atoms with E-state index in [4.69, 9.17) is 9.15 Å². The molecule has 0 aliphatic carbocycles. The van der Waals surface area contributed by atoms with E-state index >= 15 is 0 Å². The van der Waals surface area contributed by atoms with Gasteiger partial charge in [0.15, 0.2) is 5.69 Å². The number of esters is 1. The van der Waals surface area contributed by atoms with Gasteiger partial charge in [-0.25, -0.2) is 9.78 Å². The smallest absolute Gasteiger partial charge is 0.329 e. The molecule has 2 amide bonds. The number of rotatable bonds is 1. The van der Waals surface area contributed by atoms with Gasteiger partial charge in [-0.3, -0.25) is 14.4 Å². The summed E-state index contributed by atoms with van der Waals surface area (Å²) in [5.74, 6) is -1.76. The van der Waals surface area contributed by atoms with Crippen LogP contribution in [0, 0.1) is 11.8 Å². The first-order valence-corrected chi connectivity index (χ1v) is 13.0. The molecule has 1 aromatic heterocycles. The summed E-state index contributed by atoms with van der Waals surface area (Å²) < 4.78 is 11.2. The zero-order valence-corrected chi connectivity index (χ0v) is 22.4. The topological polar surface area (TPSA) is 139 Å². The Morgan fingerprint density at radius 1 is 1.18 bits per heavy atom. The molecule has 10 heteroatoms. The third-order valence-electron chi connectivity index (χ3n) is 6.55. The fourth-order valence-electron chi connectivity index (χ4n) is 4.66. The van der Waals surface area contributed by atoms with Crippen LogP contribution in [-0.4, -0.2) is 69.9 Å². The summed E-state index contributed by atoms with van der Waals surface area (Å²) in [7, 11) is 0. The fourth-order valence-corrected chi connectivity index (χ4v) is 4.66. The molecule has 1 aromatic rings. The number of aromatic nitrogens is 1. The van der Waals surface area contributed by atoms with Crippen molar-refractivity contribution in [1.82, 2.24) is 15.2 Å². The first-order valence-electron chi connectivity index (χ1n) is 13.0. The molecule has 0 aromatic carbocycles. The Balaban J connectivity index is 1.85. The molecule has 2 N–H and O–H groups in total. The largest absolute Gasteiger partial charge is 0.460 e. The van der Waals surface area contributed by atoms with E-state index < -0.39 is 30.1 Å². The minimum Gasteiger partial charge on any atom is -0.460 e. The number of hydrogen-bond acceptors (Lipinski definition) is 8. The van der Waals surface area contributed by atoms with E-state index in [0.29, 0.717) is 19.4 Å². The van der Waals surface area contributed by atoms with Crippen molar-refractivity contribution in [3.8, 4) is 0 Å². The number of carbonyl (C=O) groups excluding carboxylic acids is 4. The summed E-state index contributed by atoms with van der Waals surface area (Å²) in [6.45, 7) is 8.16. The molecule has 3 rings (SSSR count). The number of aliphatic hydroxyl groups is 1. The zero-order chi connectivity index (χ0) is 27.8. The summed E-state index contributed by atoms with van der Waals surface area (Å²) in [5.41, 5.74) is 0.739. The van der Waals surface area contributed by atoms with Crippen LogP contribution in [0.25, 0.3) is 0 Å². The summed E-state index contributed by atoms with van der Waals surface area (Å²) >= 11 is 0. The van der Waals surface area contributed by atoms with Gasteiger partial charge < -0.3 is 24.5 Å². The molecule has 1 saturated heterocycles. The highest BCUT2D eigenvalue weighted by molar-refractivity contribution is 5.95. The predicted octanol–water partition coefficient (Wildman–Crippen LogP) is 2.53. The van der Waals surface area contributed by atoms with Gasteiger partial charge in [0.05, 0.1) is 12.5 Å². The lowest BCUT2D eigenvalue weighted by Gasteiger charge is -2.29. The molecule has 2 aliphatic heterocycles. The quantitative estimate of drug-likeness (QED) is 0.531. The van der Waals surface area contributed by atoms with Gasteiger partial charge in [0.1, 0.15) is 24.2 Å². The zero-order valence-electron chi connectivity index (χ0n) is 22.4. The second-order valence-electron chi connectivity index (χ2n) is 10.2. The molecule has 0 unspecified atom stereocenters. The second kappa shape index (κ2) is 13.3. The Hall–Kier alpha value is -3.53. The van der Waals surface area contributed by atoms with Crippen molar-refractivity contribution in [2.24, 2.45) is 11.8 Å². The van der Waals surface area contributed by atoms with Crippen LogP contribution in [0.2, 0.25) is 0 Å². The number of amides is 2. The van der Waals surface area contributed by atoms with Crippen LogP contribution in [0.3, 0.4) is 0 Å². The third-order valence-corrected chi connectivity index (χ3v) is 6.55. The number of carbonyl (C=O) groups is 4. The van der Waals surface area contributed by atoms with Gasteiger partial charge in [0.25, 0.3) is 5.91 Å². The van der Waals surface area contributed by atoms with Crippen molar-refractivity contribution in [3.05, 3.63) is 53.8 Å². The van der Waals surface area contributed by atoms with Crippen molar-refractivity contribution >= 4 is 23.6 Å². The average molecular weight is 528 g/mol. The van der Waals surface area contributed by atoms with Crippen LogP contribution in [0.4, 0.5) is 0 Å². The Morgan fingerprint density at radius 2 is 1.95 bits per heavy atom. The molecular formula is C28H37N3O7. The van der Waals surface area contributed by atoms with Crippen molar-refractivity contribution in [2.75, 3.05) is 13.1 Å². The molecule has 0 saturated carbocycles. The number of oxazole rings is 1. The minimum atomic E-state index is -1.01. The van der Waals surface area contributed by atoms with Gasteiger partial charge in [0.2, 0.25) is 11.8 Å². The first-order chi connectivity index (χ1) is 18.0. The van der Waals surface area contributed by atoms with E-state index in [1.54, 1.807) is 31.2 Å². The van der Waals surface area contributed by atoms with Gasteiger partial charge in [-0.15, -0.1) is 0 Å². The summed E-state index contributed by atoms with van der Waals surface area (Å²) in [6, 6.07) is -0.761. The molecule has 206 valence electrons. The maximum Gasteiger partial charge on any atom is 0.329 e. The van der Waals surface area contributed by atoms with Crippen LogP contribution < -0.4 is 5.32 Å². The summed E-state index contributed by atoms with van der Waals surface area (Å²) in [6.07, 6.45) is 8.62. The monoisotopic (exact) mass is 527 g/mol. The molecule has 4 atom stereocenters. The van der Waals surface area contributed by atoms with Crippen LogP contribution >= 0.6 is 0 Å². The number of Topliss-reactive ketones (excluding diaryl/α,β-unsaturated/α-hetero) is 1. The Labute approximate surface area is 222 Å². The molecule has 0 radical (unpaired) electrons. The minimum absolute atomic E-state index is 0.00930. The van der Waals surface area contributed by atoms with E-state index in [1.165, 1.54) is 17.2 Å². The van der Waals surface area contributed by atoms with Crippen LogP contribution in [0.15, 0.2) is 46.6 Å². The Kier molecular flexibility index (Phi) is 10.2. The first kappa shape index (κ1) is 29.0. The number of aliphatic hydroxyl groups excluding tert-OH is 1. The summed E-state index contributed by atoms with van der Waals surface area (Å²) in [5, 5.41) is 13.0. The maximum atomic E-state index is 13.2. The number of fused-ring (bicyclic) bond motifs is 3. The van der Waals surface area contributed by atoms with E-state index in [9.17, 15) is 24.3 Å². The molecule has 38 heavy (non-hydrogen) atoms. The molecular weight excluding hydrogens is 490 g/mol. The van der Waals surface area contributed by atoms with Gasteiger partial charge in [-0.2, -0.15) is 0 Å². The number of allylic oxidation sites excluding steroid dienone is 2. The predicted molar refractivity (Wildman–Crippen MR) is 139 cm³/mol. The summed E-state index contributed by atoms with van der Waals surface area (Å²) in [4.78, 5) is 56.6. The third kappa shape index (κ3) is 7.98. The van der Waals surface area contributed by atoms with Crippen LogP contribution in [-0.2, 0) is 25.5 Å². The van der Waals surface area contributed by atoms with E-state index in [1.807, 2.05) is 20.8 Å². The van der Waals surface area contributed by atoms with Gasteiger partial charge in [-0.05, 0) is 31.8 Å². The number of nitrogens with zero attached hydrogens (tertiary/aromatic N) is 2. The molecule has 0 spiro atoms.